The van der Waals surface area contributed by atoms with Gasteiger partial charge >= 0.3 is 0 Å². The van der Waals surface area contributed by atoms with Crippen molar-refractivity contribution in [3.63, 3.8) is 0 Å². The second-order valence-electron chi connectivity index (χ2n) is 5.96. The first-order valence-electron chi connectivity index (χ1n) is 8.43. The number of aryl methyl sites for hydroxylation is 1. The van der Waals surface area contributed by atoms with Crippen molar-refractivity contribution in [3.8, 4) is 17.1 Å². The number of carbonyl (C=O) groups excluding carboxylic acids is 1. The van der Waals surface area contributed by atoms with Gasteiger partial charge in [0, 0.05) is 29.2 Å². The summed E-state index contributed by atoms with van der Waals surface area (Å²) in [7, 11) is 1.76. The van der Waals surface area contributed by atoms with E-state index in [1.54, 1.807) is 35.4 Å². The number of hydrogen-bond acceptors (Lipinski definition) is 7. The summed E-state index contributed by atoms with van der Waals surface area (Å²) in [4.78, 5) is 16.8. The first-order chi connectivity index (χ1) is 13.7. The SMILES string of the molecule is Cn1nnnc1-c1cccc(NC(=O)c2cccc(OCc3cscn3)c2)c1. The van der Waals surface area contributed by atoms with Crippen molar-refractivity contribution >= 4 is 22.9 Å². The highest BCUT2D eigenvalue weighted by Crippen LogP contribution is 2.21. The summed E-state index contributed by atoms with van der Waals surface area (Å²) < 4.78 is 7.29. The molecule has 0 saturated carbocycles. The maximum absolute atomic E-state index is 12.6. The lowest BCUT2D eigenvalue weighted by atomic mass is 10.1. The van der Waals surface area contributed by atoms with Crippen molar-refractivity contribution in [2.24, 2.45) is 7.05 Å². The van der Waals surface area contributed by atoms with E-state index in [-0.39, 0.29) is 5.91 Å². The molecule has 4 aromatic rings. The number of hydrogen-bond donors (Lipinski definition) is 1. The second-order valence-corrected chi connectivity index (χ2v) is 6.68. The predicted molar refractivity (Wildman–Crippen MR) is 105 cm³/mol. The van der Waals surface area contributed by atoms with Crippen LogP contribution in [0.15, 0.2) is 59.4 Å². The lowest BCUT2D eigenvalue weighted by Gasteiger charge is -2.09. The van der Waals surface area contributed by atoms with Gasteiger partial charge in [0.15, 0.2) is 5.82 Å². The minimum absolute atomic E-state index is 0.229. The highest BCUT2D eigenvalue weighted by molar-refractivity contribution is 7.07. The fourth-order valence-corrected chi connectivity index (χ4v) is 3.15. The molecule has 0 bridgehead atoms. The van der Waals surface area contributed by atoms with Crippen LogP contribution in [0.3, 0.4) is 0 Å². The average Bonchev–Trinajstić information content (AvgIpc) is 3.38. The minimum atomic E-state index is -0.229. The average molecular weight is 392 g/mol. The molecule has 8 nitrogen and oxygen atoms in total. The van der Waals surface area contributed by atoms with Gasteiger partial charge < -0.3 is 10.1 Å². The van der Waals surface area contributed by atoms with Crippen molar-refractivity contribution in [3.05, 3.63) is 70.7 Å². The van der Waals surface area contributed by atoms with E-state index < -0.39 is 0 Å². The van der Waals surface area contributed by atoms with E-state index in [0.717, 1.165) is 11.3 Å². The van der Waals surface area contributed by atoms with E-state index in [9.17, 15) is 4.79 Å². The molecule has 9 heteroatoms. The number of carbonyl (C=O) groups is 1. The Balaban J connectivity index is 1.46. The van der Waals surface area contributed by atoms with Crippen LogP contribution in [-0.2, 0) is 13.7 Å². The van der Waals surface area contributed by atoms with Gasteiger partial charge in [0.05, 0.1) is 11.2 Å². The Labute approximate surface area is 164 Å². The number of thiazole rings is 1. The zero-order valence-corrected chi connectivity index (χ0v) is 15.8. The van der Waals surface area contributed by atoms with Crippen LogP contribution in [0.25, 0.3) is 11.4 Å². The Hall–Kier alpha value is -3.59. The monoisotopic (exact) mass is 392 g/mol. The number of ether oxygens (including phenoxy) is 1. The molecule has 1 amide bonds. The van der Waals surface area contributed by atoms with Crippen molar-refractivity contribution in [1.82, 2.24) is 25.2 Å². The number of anilines is 1. The maximum atomic E-state index is 12.6. The summed E-state index contributed by atoms with van der Waals surface area (Å²) in [5.74, 6) is 1.00. The van der Waals surface area contributed by atoms with Gasteiger partial charge in [-0.15, -0.1) is 16.4 Å². The van der Waals surface area contributed by atoms with Gasteiger partial charge in [-0.25, -0.2) is 9.67 Å². The molecule has 0 unspecified atom stereocenters. The van der Waals surface area contributed by atoms with Crippen LogP contribution >= 0.6 is 11.3 Å². The Kier molecular flexibility index (Phi) is 5.07. The molecule has 0 atom stereocenters. The standard InChI is InChI=1S/C19H16N6O2S/c1-25-18(22-23-24-25)13-4-2-6-15(8-13)21-19(26)14-5-3-7-17(9-14)27-10-16-11-28-12-20-16/h2-9,11-12H,10H2,1H3,(H,21,26). The van der Waals surface area contributed by atoms with Crippen LogP contribution in [-0.4, -0.2) is 31.1 Å². The lowest BCUT2D eigenvalue weighted by molar-refractivity contribution is 0.102. The van der Waals surface area contributed by atoms with E-state index in [4.69, 9.17) is 4.74 Å². The first-order valence-corrected chi connectivity index (χ1v) is 9.37. The largest absolute Gasteiger partial charge is 0.487 e. The topological polar surface area (TPSA) is 94.8 Å². The Morgan fingerprint density at radius 1 is 1.21 bits per heavy atom. The zero-order valence-electron chi connectivity index (χ0n) is 14.9. The highest BCUT2D eigenvalue weighted by Gasteiger charge is 2.10. The normalized spacial score (nSPS) is 10.6. The molecule has 2 aromatic heterocycles. The number of benzene rings is 2. The summed E-state index contributed by atoms with van der Waals surface area (Å²) >= 11 is 1.52. The summed E-state index contributed by atoms with van der Waals surface area (Å²) in [5.41, 5.74) is 4.58. The van der Waals surface area contributed by atoms with Gasteiger partial charge in [-0.3, -0.25) is 4.79 Å². The van der Waals surface area contributed by atoms with Gasteiger partial charge in [-0.05, 0) is 40.8 Å². The molecule has 0 radical (unpaired) electrons. The molecule has 1 N–H and O–H groups in total. The van der Waals surface area contributed by atoms with Crippen LogP contribution < -0.4 is 10.1 Å². The van der Waals surface area contributed by atoms with Crippen molar-refractivity contribution in [1.29, 1.82) is 0 Å². The molecule has 0 spiro atoms. The molecular weight excluding hydrogens is 376 g/mol. The van der Waals surface area contributed by atoms with Crippen LogP contribution in [0, 0.1) is 0 Å². The summed E-state index contributed by atoms with van der Waals surface area (Å²) in [6.45, 7) is 0.363. The molecule has 28 heavy (non-hydrogen) atoms. The maximum Gasteiger partial charge on any atom is 0.255 e. The molecule has 0 aliphatic rings. The molecule has 0 saturated heterocycles. The number of nitrogens with zero attached hydrogens (tertiary/aromatic N) is 5. The van der Waals surface area contributed by atoms with E-state index in [0.29, 0.717) is 29.4 Å². The number of rotatable bonds is 6. The molecule has 2 heterocycles. The summed E-state index contributed by atoms with van der Waals surface area (Å²) in [6.07, 6.45) is 0. The van der Waals surface area contributed by atoms with E-state index >= 15 is 0 Å². The van der Waals surface area contributed by atoms with Crippen molar-refractivity contribution in [2.75, 3.05) is 5.32 Å². The Morgan fingerprint density at radius 2 is 2.11 bits per heavy atom. The highest BCUT2D eigenvalue weighted by atomic mass is 32.1. The van der Waals surface area contributed by atoms with Crippen LogP contribution in [0.1, 0.15) is 16.1 Å². The number of amides is 1. The molecule has 0 fully saturated rings. The second kappa shape index (κ2) is 7.97. The van der Waals surface area contributed by atoms with Crippen molar-refractivity contribution in [2.45, 2.75) is 6.61 Å². The lowest BCUT2D eigenvalue weighted by Crippen LogP contribution is -2.12. The quantitative estimate of drug-likeness (QED) is 0.542. The molecular formula is C19H16N6O2S. The molecule has 0 aliphatic heterocycles. The Morgan fingerprint density at radius 3 is 2.89 bits per heavy atom. The van der Waals surface area contributed by atoms with E-state index in [1.165, 1.54) is 11.3 Å². The zero-order chi connectivity index (χ0) is 19.3. The minimum Gasteiger partial charge on any atom is -0.487 e. The van der Waals surface area contributed by atoms with Gasteiger partial charge in [0.25, 0.3) is 5.91 Å². The van der Waals surface area contributed by atoms with Crippen molar-refractivity contribution < 1.29 is 9.53 Å². The van der Waals surface area contributed by atoms with Gasteiger partial charge in [-0.1, -0.05) is 18.2 Å². The molecule has 2 aromatic carbocycles. The number of aromatic nitrogens is 5. The smallest absolute Gasteiger partial charge is 0.255 e. The number of tetrazole rings is 1. The molecule has 140 valence electrons. The van der Waals surface area contributed by atoms with Crippen LogP contribution in [0.5, 0.6) is 5.75 Å². The third-order valence-electron chi connectivity index (χ3n) is 3.97. The third kappa shape index (κ3) is 4.04. The van der Waals surface area contributed by atoms with E-state index in [2.05, 4.69) is 25.8 Å². The fraction of sp³-hybridized carbons (Fsp3) is 0.105. The predicted octanol–water partition coefficient (Wildman–Crippen LogP) is 3.16. The summed E-state index contributed by atoms with van der Waals surface area (Å²) in [6, 6.07) is 14.4. The summed E-state index contributed by atoms with van der Waals surface area (Å²) in [5, 5.41) is 16.3. The van der Waals surface area contributed by atoms with Gasteiger partial charge in [0.2, 0.25) is 0 Å². The van der Waals surface area contributed by atoms with Gasteiger partial charge in [-0.2, -0.15) is 0 Å². The fourth-order valence-electron chi connectivity index (χ4n) is 2.61. The van der Waals surface area contributed by atoms with E-state index in [1.807, 2.05) is 35.7 Å². The van der Waals surface area contributed by atoms with Crippen LogP contribution in [0.2, 0.25) is 0 Å². The van der Waals surface area contributed by atoms with Gasteiger partial charge in [0.1, 0.15) is 12.4 Å². The first kappa shape index (κ1) is 17.8. The molecule has 4 rings (SSSR count). The number of nitrogens with one attached hydrogen (secondary N) is 1. The molecule has 0 aliphatic carbocycles. The Bertz CT molecular complexity index is 1090. The van der Waals surface area contributed by atoms with Crippen LogP contribution in [0.4, 0.5) is 5.69 Å². The third-order valence-corrected chi connectivity index (χ3v) is 4.60.